The highest BCUT2D eigenvalue weighted by atomic mass is 16.5. The minimum atomic E-state index is 0.341. The fourth-order valence-corrected chi connectivity index (χ4v) is 1.13. The van der Waals surface area contributed by atoms with Gasteiger partial charge in [0.25, 0.3) is 0 Å². The Balaban J connectivity index is 2.02. The molecule has 0 unspecified atom stereocenters. The average Bonchev–Trinajstić information content (AvgIpc) is 1.97. The van der Waals surface area contributed by atoms with Crippen molar-refractivity contribution in [2.24, 2.45) is 0 Å². The van der Waals surface area contributed by atoms with E-state index in [1.54, 1.807) is 6.20 Å². The van der Waals surface area contributed by atoms with Crippen LogP contribution in [0.3, 0.4) is 0 Å². The largest absolute Gasteiger partial charge is 0.486 e. The van der Waals surface area contributed by atoms with E-state index in [9.17, 15) is 0 Å². The number of nitrogens with zero attached hydrogens (tertiary/aromatic N) is 1. The first-order chi connectivity index (χ1) is 5.84. The maximum Gasteiger partial charge on any atom is 0.138 e. The quantitative estimate of drug-likeness (QED) is 0.700. The molecule has 0 atom stereocenters. The fourth-order valence-electron chi connectivity index (χ4n) is 1.13. The summed E-state index contributed by atoms with van der Waals surface area (Å²) in [6.45, 7) is 3.92. The van der Waals surface area contributed by atoms with Crippen molar-refractivity contribution in [3.8, 4) is 5.75 Å². The number of pyridine rings is 1. The van der Waals surface area contributed by atoms with Gasteiger partial charge in [-0.3, -0.25) is 4.98 Å². The van der Waals surface area contributed by atoms with Crippen molar-refractivity contribution < 1.29 is 4.74 Å². The zero-order chi connectivity index (χ0) is 8.39. The predicted octanol–water partition coefficient (Wildman–Crippen LogP) is 0.741. The Morgan fingerprint density at radius 1 is 1.50 bits per heavy atom. The second kappa shape index (κ2) is 3.11. The van der Waals surface area contributed by atoms with Crippen LogP contribution in [0.2, 0.25) is 0 Å². The molecule has 3 heteroatoms. The van der Waals surface area contributed by atoms with E-state index >= 15 is 0 Å². The first-order valence-electron chi connectivity index (χ1n) is 4.13. The molecule has 1 saturated heterocycles. The molecule has 1 aliphatic rings. The molecule has 2 rings (SSSR count). The second-order valence-electron chi connectivity index (χ2n) is 3.10. The summed E-state index contributed by atoms with van der Waals surface area (Å²) in [6, 6.07) is 2.01. The number of aryl methyl sites for hydroxylation is 1. The van der Waals surface area contributed by atoms with Crippen LogP contribution in [0.4, 0.5) is 0 Å². The molecule has 0 spiro atoms. The van der Waals surface area contributed by atoms with Crippen molar-refractivity contribution in [2.45, 2.75) is 13.0 Å². The number of hydrogen-bond acceptors (Lipinski definition) is 3. The van der Waals surface area contributed by atoms with Crippen LogP contribution in [0.5, 0.6) is 5.75 Å². The summed E-state index contributed by atoms with van der Waals surface area (Å²) in [6.07, 6.45) is 3.92. The molecular formula is C9H12N2O. The molecule has 1 aliphatic heterocycles. The van der Waals surface area contributed by atoms with Crippen LogP contribution in [0, 0.1) is 6.92 Å². The van der Waals surface area contributed by atoms with E-state index in [1.165, 1.54) is 0 Å². The minimum absolute atomic E-state index is 0.341. The van der Waals surface area contributed by atoms with Gasteiger partial charge in [-0.25, -0.2) is 0 Å². The Morgan fingerprint density at radius 3 is 2.92 bits per heavy atom. The summed E-state index contributed by atoms with van der Waals surface area (Å²) < 4.78 is 5.61. The molecule has 0 aromatic carbocycles. The Kier molecular flexibility index (Phi) is 1.96. The summed E-state index contributed by atoms with van der Waals surface area (Å²) >= 11 is 0. The molecule has 0 radical (unpaired) electrons. The molecule has 64 valence electrons. The van der Waals surface area contributed by atoms with Gasteiger partial charge in [-0.1, -0.05) is 0 Å². The van der Waals surface area contributed by atoms with E-state index in [4.69, 9.17) is 4.74 Å². The molecule has 12 heavy (non-hydrogen) atoms. The highest BCUT2D eigenvalue weighted by molar-refractivity contribution is 5.22. The third-order valence-corrected chi connectivity index (χ3v) is 1.90. The van der Waals surface area contributed by atoms with Crippen molar-refractivity contribution in [2.75, 3.05) is 13.1 Å². The summed E-state index contributed by atoms with van der Waals surface area (Å²) in [5, 5.41) is 3.15. The predicted molar refractivity (Wildman–Crippen MR) is 46.3 cm³/mol. The fraction of sp³-hybridized carbons (Fsp3) is 0.444. The average molecular weight is 164 g/mol. The zero-order valence-corrected chi connectivity index (χ0v) is 7.08. The van der Waals surface area contributed by atoms with Gasteiger partial charge in [0.2, 0.25) is 0 Å². The van der Waals surface area contributed by atoms with Gasteiger partial charge < -0.3 is 10.1 Å². The van der Waals surface area contributed by atoms with Gasteiger partial charge in [-0.05, 0) is 18.6 Å². The second-order valence-corrected chi connectivity index (χ2v) is 3.10. The lowest BCUT2D eigenvalue weighted by Crippen LogP contribution is -2.50. The third-order valence-electron chi connectivity index (χ3n) is 1.90. The lowest BCUT2D eigenvalue weighted by Gasteiger charge is -2.27. The number of ether oxygens (including phenoxy) is 1. The van der Waals surface area contributed by atoms with E-state index < -0.39 is 0 Å². The summed E-state index contributed by atoms with van der Waals surface area (Å²) in [5.41, 5.74) is 1.14. The third kappa shape index (κ3) is 1.56. The van der Waals surface area contributed by atoms with Crippen molar-refractivity contribution in [3.63, 3.8) is 0 Å². The van der Waals surface area contributed by atoms with Gasteiger partial charge in [0.05, 0.1) is 6.20 Å². The van der Waals surface area contributed by atoms with Crippen LogP contribution >= 0.6 is 0 Å². The summed E-state index contributed by atoms with van der Waals surface area (Å²) in [5.74, 6) is 0.876. The topological polar surface area (TPSA) is 34.1 Å². The van der Waals surface area contributed by atoms with Gasteiger partial charge in [0, 0.05) is 19.3 Å². The number of hydrogen-bond donors (Lipinski definition) is 1. The van der Waals surface area contributed by atoms with E-state index in [0.29, 0.717) is 6.10 Å². The maximum absolute atomic E-state index is 5.61. The lowest BCUT2D eigenvalue weighted by molar-refractivity contribution is 0.141. The van der Waals surface area contributed by atoms with Crippen LogP contribution in [0.25, 0.3) is 0 Å². The van der Waals surface area contributed by atoms with Gasteiger partial charge in [-0.15, -0.1) is 0 Å². The number of aromatic nitrogens is 1. The molecule has 0 bridgehead atoms. The molecule has 0 aliphatic carbocycles. The van der Waals surface area contributed by atoms with Crippen LogP contribution in [-0.4, -0.2) is 24.2 Å². The molecular weight excluding hydrogens is 152 g/mol. The Bertz CT molecular complexity index is 271. The molecule has 1 aromatic rings. The SMILES string of the molecule is Cc1cncc(OC2CNC2)c1. The normalized spacial score (nSPS) is 17.1. The van der Waals surface area contributed by atoms with Crippen molar-refractivity contribution >= 4 is 0 Å². The van der Waals surface area contributed by atoms with Gasteiger partial charge in [0.1, 0.15) is 11.9 Å². The molecule has 1 aromatic heterocycles. The summed E-state index contributed by atoms with van der Waals surface area (Å²) in [7, 11) is 0. The van der Waals surface area contributed by atoms with E-state index in [1.807, 2.05) is 19.2 Å². The zero-order valence-electron chi connectivity index (χ0n) is 7.08. The van der Waals surface area contributed by atoms with Crippen molar-refractivity contribution in [1.29, 1.82) is 0 Å². The molecule has 1 N–H and O–H groups in total. The molecule has 1 fully saturated rings. The van der Waals surface area contributed by atoms with Crippen molar-refractivity contribution in [3.05, 3.63) is 24.0 Å². The minimum Gasteiger partial charge on any atom is -0.486 e. The first kappa shape index (κ1) is 7.55. The molecule has 0 amide bonds. The number of rotatable bonds is 2. The standard InChI is InChI=1S/C9H12N2O/c1-7-2-8(4-10-3-7)12-9-5-11-6-9/h2-4,9,11H,5-6H2,1H3. The summed E-state index contributed by atoms with van der Waals surface area (Å²) in [4.78, 5) is 4.05. The van der Waals surface area contributed by atoms with Crippen LogP contribution in [0.15, 0.2) is 18.5 Å². The van der Waals surface area contributed by atoms with Gasteiger partial charge >= 0.3 is 0 Å². The van der Waals surface area contributed by atoms with Gasteiger partial charge in [-0.2, -0.15) is 0 Å². The molecule has 0 saturated carbocycles. The van der Waals surface area contributed by atoms with Crippen LogP contribution in [0.1, 0.15) is 5.56 Å². The molecule has 2 heterocycles. The van der Waals surface area contributed by atoms with E-state index in [0.717, 1.165) is 24.4 Å². The highest BCUT2D eigenvalue weighted by Gasteiger charge is 2.17. The maximum atomic E-state index is 5.61. The monoisotopic (exact) mass is 164 g/mol. The van der Waals surface area contributed by atoms with Crippen molar-refractivity contribution in [1.82, 2.24) is 10.3 Å². The number of nitrogens with one attached hydrogen (secondary N) is 1. The van der Waals surface area contributed by atoms with Crippen LogP contribution < -0.4 is 10.1 Å². The van der Waals surface area contributed by atoms with E-state index in [2.05, 4.69) is 10.3 Å². The van der Waals surface area contributed by atoms with E-state index in [-0.39, 0.29) is 0 Å². The highest BCUT2D eigenvalue weighted by Crippen LogP contribution is 2.13. The molecule has 3 nitrogen and oxygen atoms in total. The Labute approximate surface area is 71.8 Å². The lowest BCUT2D eigenvalue weighted by atomic mass is 10.2. The van der Waals surface area contributed by atoms with Gasteiger partial charge in [0.15, 0.2) is 0 Å². The first-order valence-corrected chi connectivity index (χ1v) is 4.13. The smallest absolute Gasteiger partial charge is 0.138 e. The van der Waals surface area contributed by atoms with Crippen LogP contribution in [-0.2, 0) is 0 Å². The Hall–Kier alpha value is -1.09. The Morgan fingerprint density at radius 2 is 2.33 bits per heavy atom.